The second kappa shape index (κ2) is 6.86. The summed E-state index contributed by atoms with van der Waals surface area (Å²) in [5.41, 5.74) is 3.06. The highest BCUT2D eigenvalue weighted by Gasteiger charge is 2.16. The molecule has 1 aromatic heterocycles. The van der Waals surface area contributed by atoms with Crippen molar-refractivity contribution in [3.8, 4) is 5.75 Å². The van der Waals surface area contributed by atoms with Crippen molar-refractivity contribution < 1.29 is 4.74 Å². The molecule has 0 aliphatic carbocycles. The van der Waals surface area contributed by atoms with E-state index >= 15 is 0 Å². The predicted molar refractivity (Wildman–Crippen MR) is 84.3 cm³/mol. The Morgan fingerprint density at radius 2 is 1.85 bits per heavy atom. The Bertz CT molecular complexity index is 525. The van der Waals surface area contributed by atoms with E-state index in [4.69, 9.17) is 4.74 Å². The number of hydrogen-bond donors (Lipinski definition) is 1. The molecule has 1 N–H and O–H groups in total. The largest absolute Gasteiger partial charge is 0.491 e. The molecule has 0 spiro atoms. The first-order valence-electron chi connectivity index (χ1n) is 6.98. The van der Waals surface area contributed by atoms with E-state index in [0.29, 0.717) is 0 Å². The summed E-state index contributed by atoms with van der Waals surface area (Å²) in [5, 5.41) is 3.60. The Balaban J connectivity index is 2.10. The van der Waals surface area contributed by atoms with Gasteiger partial charge in [0.15, 0.2) is 0 Å². The summed E-state index contributed by atoms with van der Waals surface area (Å²) in [5.74, 6) is 0.957. The molecule has 2 aromatic rings. The van der Waals surface area contributed by atoms with Gasteiger partial charge >= 0.3 is 0 Å². The normalized spacial score (nSPS) is 14.2. The van der Waals surface area contributed by atoms with Crippen molar-refractivity contribution in [3.63, 3.8) is 0 Å². The molecule has 0 bridgehead atoms. The first kappa shape index (κ1) is 15.0. The Labute approximate surface area is 125 Å². The van der Waals surface area contributed by atoms with E-state index in [1.807, 2.05) is 23.8 Å². The number of hydrogen-bond acceptors (Lipinski definition) is 4. The molecule has 2 atom stereocenters. The zero-order valence-electron chi connectivity index (χ0n) is 12.5. The molecule has 0 amide bonds. The van der Waals surface area contributed by atoms with Crippen LogP contribution in [0.1, 0.15) is 50.2 Å². The van der Waals surface area contributed by atoms with Gasteiger partial charge in [-0.05, 0) is 33.8 Å². The molecule has 0 radical (unpaired) electrons. The van der Waals surface area contributed by atoms with Gasteiger partial charge in [-0.2, -0.15) is 0 Å². The molecule has 1 aromatic carbocycles. The molecule has 0 saturated heterocycles. The third kappa shape index (κ3) is 3.81. The van der Waals surface area contributed by atoms with E-state index in [9.17, 15) is 0 Å². The molecule has 1 heterocycles. The van der Waals surface area contributed by atoms with Crippen molar-refractivity contribution in [3.05, 3.63) is 46.4 Å². The predicted octanol–water partition coefficient (Wildman–Crippen LogP) is 4.34. The zero-order chi connectivity index (χ0) is 14.5. The van der Waals surface area contributed by atoms with E-state index in [2.05, 4.69) is 50.1 Å². The number of rotatable bonds is 6. The van der Waals surface area contributed by atoms with Crippen molar-refractivity contribution in [2.75, 3.05) is 0 Å². The Kier molecular flexibility index (Phi) is 5.15. The zero-order valence-corrected chi connectivity index (χ0v) is 13.3. The van der Waals surface area contributed by atoms with Gasteiger partial charge in [-0.3, -0.25) is 4.98 Å². The smallest absolute Gasteiger partial charge is 0.124 e. The van der Waals surface area contributed by atoms with Crippen LogP contribution in [0.15, 0.2) is 36.0 Å². The SMILES string of the molecule is CC(C)Oc1ccccc1C(C)NC(C)c1cncs1. The lowest BCUT2D eigenvalue weighted by molar-refractivity contribution is 0.237. The van der Waals surface area contributed by atoms with Crippen LogP contribution in [0.4, 0.5) is 0 Å². The topological polar surface area (TPSA) is 34.1 Å². The number of nitrogens with one attached hydrogen (secondary N) is 1. The number of ether oxygens (including phenoxy) is 1. The lowest BCUT2D eigenvalue weighted by Crippen LogP contribution is -2.22. The van der Waals surface area contributed by atoms with E-state index in [1.165, 1.54) is 10.4 Å². The average molecular weight is 290 g/mol. The standard InChI is InChI=1S/C16H22N2OS/c1-11(2)19-15-8-6-5-7-14(15)12(3)18-13(4)16-9-17-10-20-16/h5-13,18H,1-4H3. The number of para-hydroxylation sites is 1. The molecule has 20 heavy (non-hydrogen) atoms. The first-order chi connectivity index (χ1) is 9.58. The highest BCUT2D eigenvalue weighted by molar-refractivity contribution is 7.09. The molecule has 2 unspecified atom stereocenters. The van der Waals surface area contributed by atoms with Crippen LogP contribution in [0.5, 0.6) is 5.75 Å². The average Bonchev–Trinajstić information content (AvgIpc) is 2.92. The van der Waals surface area contributed by atoms with Gasteiger partial charge in [0.1, 0.15) is 5.75 Å². The van der Waals surface area contributed by atoms with Gasteiger partial charge < -0.3 is 10.1 Å². The molecule has 2 rings (SSSR count). The number of benzene rings is 1. The van der Waals surface area contributed by atoms with Crippen molar-refractivity contribution >= 4 is 11.3 Å². The molecule has 0 fully saturated rings. The minimum absolute atomic E-state index is 0.183. The molecule has 0 saturated carbocycles. The second-order valence-electron chi connectivity index (χ2n) is 5.22. The van der Waals surface area contributed by atoms with Crippen LogP contribution in [-0.2, 0) is 0 Å². The second-order valence-corrected chi connectivity index (χ2v) is 6.14. The van der Waals surface area contributed by atoms with E-state index in [-0.39, 0.29) is 18.2 Å². The van der Waals surface area contributed by atoms with Crippen molar-refractivity contribution in [2.24, 2.45) is 0 Å². The molecule has 0 aliphatic heterocycles. The van der Waals surface area contributed by atoms with E-state index in [0.717, 1.165) is 5.75 Å². The third-order valence-electron chi connectivity index (χ3n) is 3.13. The fourth-order valence-corrected chi connectivity index (χ4v) is 2.82. The third-order valence-corrected chi connectivity index (χ3v) is 4.08. The summed E-state index contributed by atoms with van der Waals surface area (Å²) >= 11 is 1.68. The highest BCUT2D eigenvalue weighted by Crippen LogP contribution is 2.28. The van der Waals surface area contributed by atoms with Crippen LogP contribution in [0.25, 0.3) is 0 Å². The maximum atomic E-state index is 5.89. The van der Waals surface area contributed by atoms with E-state index in [1.54, 1.807) is 11.3 Å². The van der Waals surface area contributed by atoms with Crippen LogP contribution in [-0.4, -0.2) is 11.1 Å². The maximum absolute atomic E-state index is 5.89. The lowest BCUT2D eigenvalue weighted by Gasteiger charge is -2.22. The van der Waals surface area contributed by atoms with Crippen molar-refractivity contribution in [1.82, 2.24) is 10.3 Å². The van der Waals surface area contributed by atoms with Gasteiger partial charge in [0.25, 0.3) is 0 Å². The summed E-state index contributed by atoms with van der Waals surface area (Å²) in [6.45, 7) is 8.43. The van der Waals surface area contributed by atoms with Gasteiger partial charge in [-0.25, -0.2) is 0 Å². The molecular formula is C16H22N2OS. The summed E-state index contributed by atoms with van der Waals surface area (Å²) in [6.07, 6.45) is 2.10. The summed E-state index contributed by atoms with van der Waals surface area (Å²) < 4.78 is 5.89. The van der Waals surface area contributed by atoms with Crippen LogP contribution < -0.4 is 10.1 Å². The Morgan fingerprint density at radius 3 is 2.50 bits per heavy atom. The Hall–Kier alpha value is -1.39. The lowest BCUT2D eigenvalue weighted by atomic mass is 10.1. The fourth-order valence-electron chi connectivity index (χ4n) is 2.19. The van der Waals surface area contributed by atoms with Crippen LogP contribution >= 0.6 is 11.3 Å². The van der Waals surface area contributed by atoms with Gasteiger partial charge in [-0.1, -0.05) is 18.2 Å². The fraction of sp³-hybridized carbons (Fsp3) is 0.438. The van der Waals surface area contributed by atoms with E-state index < -0.39 is 0 Å². The molecular weight excluding hydrogens is 268 g/mol. The van der Waals surface area contributed by atoms with Gasteiger partial charge in [-0.15, -0.1) is 11.3 Å². The summed E-state index contributed by atoms with van der Waals surface area (Å²) in [4.78, 5) is 5.38. The van der Waals surface area contributed by atoms with Crippen LogP contribution in [0, 0.1) is 0 Å². The highest BCUT2D eigenvalue weighted by atomic mass is 32.1. The van der Waals surface area contributed by atoms with Crippen LogP contribution in [0.3, 0.4) is 0 Å². The van der Waals surface area contributed by atoms with Gasteiger partial charge in [0.05, 0.1) is 11.6 Å². The van der Waals surface area contributed by atoms with Crippen molar-refractivity contribution in [2.45, 2.75) is 45.9 Å². The molecule has 0 aliphatic rings. The molecule has 4 heteroatoms. The molecule has 3 nitrogen and oxygen atoms in total. The Morgan fingerprint density at radius 1 is 1.10 bits per heavy atom. The van der Waals surface area contributed by atoms with Gasteiger partial charge in [0, 0.05) is 28.7 Å². The van der Waals surface area contributed by atoms with Gasteiger partial charge in [0.2, 0.25) is 0 Å². The number of thiazole rings is 1. The maximum Gasteiger partial charge on any atom is 0.124 e. The van der Waals surface area contributed by atoms with Crippen LogP contribution in [0.2, 0.25) is 0 Å². The molecule has 108 valence electrons. The number of aromatic nitrogens is 1. The summed E-state index contributed by atoms with van der Waals surface area (Å²) in [6, 6.07) is 8.73. The minimum atomic E-state index is 0.183. The van der Waals surface area contributed by atoms with Crippen molar-refractivity contribution in [1.29, 1.82) is 0 Å². The quantitative estimate of drug-likeness (QED) is 0.859. The first-order valence-corrected chi connectivity index (χ1v) is 7.86. The monoisotopic (exact) mass is 290 g/mol. The summed E-state index contributed by atoms with van der Waals surface area (Å²) in [7, 11) is 0. The minimum Gasteiger partial charge on any atom is -0.491 e. The number of nitrogens with zero attached hydrogens (tertiary/aromatic N) is 1.